The summed E-state index contributed by atoms with van der Waals surface area (Å²) in [6, 6.07) is 7.19. The van der Waals surface area contributed by atoms with Crippen molar-refractivity contribution in [1.82, 2.24) is 24.8 Å². The van der Waals surface area contributed by atoms with E-state index >= 15 is 0 Å². The summed E-state index contributed by atoms with van der Waals surface area (Å²) in [5.74, 6) is 1.57. The SMILES string of the molecule is COc1cccc(C(=O)N2CCc3c(c(-c4nc(C)no4)nn3C)C2)c1. The number of aromatic nitrogens is 4. The van der Waals surface area contributed by atoms with Crippen LogP contribution in [-0.2, 0) is 20.0 Å². The number of carbonyl (C=O) groups is 1. The van der Waals surface area contributed by atoms with Crippen LogP contribution in [0.5, 0.6) is 5.75 Å². The van der Waals surface area contributed by atoms with Crippen LogP contribution in [0.2, 0.25) is 0 Å². The molecule has 0 aliphatic carbocycles. The summed E-state index contributed by atoms with van der Waals surface area (Å²) in [4.78, 5) is 19.0. The molecule has 4 rings (SSSR count). The van der Waals surface area contributed by atoms with Crippen molar-refractivity contribution in [3.05, 3.63) is 46.9 Å². The number of aryl methyl sites for hydroxylation is 2. The highest BCUT2D eigenvalue weighted by atomic mass is 16.5. The number of rotatable bonds is 3. The van der Waals surface area contributed by atoms with Crippen LogP contribution in [0, 0.1) is 6.92 Å². The molecule has 3 aromatic rings. The molecule has 3 heterocycles. The normalized spacial score (nSPS) is 13.6. The van der Waals surface area contributed by atoms with Gasteiger partial charge in [-0.15, -0.1) is 0 Å². The van der Waals surface area contributed by atoms with Gasteiger partial charge in [0.1, 0.15) is 5.75 Å². The van der Waals surface area contributed by atoms with Gasteiger partial charge in [0.05, 0.1) is 13.7 Å². The van der Waals surface area contributed by atoms with Crippen LogP contribution in [0.3, 0.4) is 0 Å². The van der Waals surface area contributed by atoms with E-state index in [1.165, 1.54) is 0 Å². The van der Waals surface area contributed by atoms with Crippen LogP contribution in [0.1, 0.15) is 27.4 Å². The monoisotopic (exact) mass is 353 g/mol. The lowest BCUT2D eigenvalue weighted by atomic mass is 10.0. The van der Waals surface area contributed by atoms with E-state index in [0.717, 1.165) is 17.7 Å². The van der Waals surface area contributed by atoms with E-state index < -0.39 is 0 Å². The summed E-state index contributed by atoms with van der Waals surface area (Å²) >= 11 is 0. The average molecular weight is 353 g/mol. The number of nitrogens with zero attached hydrogens (tertiary/aromatic N) is 5. The van der Waals surface area contributed by atoms with E-state index in [1.54, 1.807) is 26.2 Å². The number of ether oxygens (including phenoxy) is 1. The molecule has 1 amide bonds. The van der Waals surface area contributed by atoms with E-state index in [0.29, 0.717) is 41.8 Å². The molecule has 0 unspecified atom stereocenters. The zero-order chi connectivity index (χ0) is 18.3. The Bertz CT molecular complexity index is 975. The molecule has 0 saturated carbocycles. The standard InChI is InChI=1S/C18H19N5O3/c1-11-19-17(26-21-11)16-14-10-23(8-7-15(14)22(2)20-16)18(24)12-5-4-6-13(9-12)25-3/h4-6,9H,7-8,10H2,1-3H3. The maximum absolute atomic E-state index is 12.9. The number of hydrogen-bond acceptors (Lipinski definition) is 6. The lowest BCUT2D eigenvalue weighted by molar-refractivity contribution is 0.0733. The van der Waals surface area contributed by atoms with Crippen LogP contribution in [-0.4, -0.2) is 44.4 Å². The Kier molecular flexibility index (Phi) is 3.95. The molecule has 1 aliphatic heterocycles. The third-order valence-corrected chi connectivity index (χ3v) is 4.58. The van der Waals surface area contributed by atoms with Gasteiger partial charge in [0, 0.05) is 36.8 Å². The summed E-state index contributed by atoms with van der Waals surface area (Å²) < 4.78 is 12.3. The van der Waals surface area contributed by atoms with Gasteiger partial charge in [0.25, 0.3) is 11.8 Å². The van der Waals surface area contributed by atoms with Gasteiger partial charge in [-0.1, -0.05) is 11.2 Å². The minimum absolute atomic E-state index is 0.0361. The Morgan fingerprint density at radius 1 is 1.35 bits per heavy atom. The number of benzene rings is 1. The van der Waals surface area contributed by atoms with E-state index in [4.69, 9.17) is 9.26 Å². The maximum Gasteiger partial charge on any atom is 0.278 e. The van der Waals surface area contributed by atoms with Crippen molar-refractivity contribution in [1.29, 1.82) is 0 Å². The van der Waals surface area contributed by atoms with E-state index in [2.05, 4.69) is 15.2 Å². The Morgan fingerprint density at radius 3 is 2.92 bits per heavy atom. The highest BCUT2D eigenvalue weighted by Gasteiger charge is 2.29. The van der Waals surface area contributed by atoms with Gasteiger partial charge >= 0.3 is 0 Å². The highest BCUT2D eigenvalue weighted by Crippen LogP contribution is 2.29. The zero-order valence-corrected chi connectivity index (χ0v) is 14.9. The molecule has 0 saturated heterocycles. The largest absolute Gasteiger partial charge is 0.497 e. The highest BCUT2D eigenvalue weighted by molar-refractivity contribution is 5.94. The fourth-order valence-corrected chi connectivity index (χ4v) is 3.27. The Hall–Kier alpha value is -3.16. The van der Waals surface area contributed by atoms with E-state index in [9.17, 15) is 4.79 Å². The van der Waals surface area contributed by atoms with Crippen LogP contribution in [0.15, 0.2) is 28.8 Å². The molecule has 0 radical (unpaired) electrons. The Labute approximate surface area is 150 Å². The van der Waals surface area contributed by atoms with Gasteiger partial charge in [-0.2, -0.15) is 10.1 Å². The molecule has 1 aliphatic rings. The van der Waals surface area contributed by atoms with Gasteiger partial charge < -0.3 is 14.2 Å². The quantitative estimate of drug-likeness (QED) is 0.716. The summed E-state index contributed by atoms with van der Waals surface area (Å²) in [7, 11) is 3.48. The second-order valence-electron chi connectivity index (χ2n) is 6.25. The molecule has 2 aromatic heterocycles. The van der Waals surface area contributed by atoms with Crippen molar-refractivity contribution in [3.63, 3.8) is 0 Å². The lowest BCUT2D eigenvalue weighted by Gasteiger charge is -2.27. The first-order valence-electron chi connectivity index (χ1n) is 8.35. The van der Waals surface area contributed by atoms with Crippen LogP contribution in [0.4, 0.5) is 0 Å². The van der Waals surface area contributed by atoms with Gasteiger partial charge in [-0.25, -0.2) is 0 Å². The molecule has 0 bridgehead atoms. The molecule has 1 aromatic carbocycles. The molecule has 8 heteroatoms. The summed E-state index contributed by atoms with van der Waals surface area (Å²) in [6.07, 6.45) is 0.724. The predicted molar refractivity (Wildman–Crippen MR) is 92.7 cm³/mol. The molecule has 8 nitrogen and oxygen atoms in total. The lowest BCUT2D eigenvalue weighted by Crippen LogP contribution is -2.36. The van der Waals surface area contributed by atoms with Crippen molar-refractivity contribution in [2.75, 3.05) is 13.7 Å². The number of methoxy groups -OCH3 is 1. The minimum atomic E-state index is -0.0361. The summed E-state index contributed by atoms with van der Waals surface area (Å²) in [6.45, 7) is 2.85. The first kappa shape index (κ1) is 16.3. The molecule has 0 spiro atoms. The van der Waals surface area contributed by atoms with Crippen molar-refractivity contribution >= 4 is 5.91 Å². The molecule has 0 atom stereocenters. The summed E-state index contributed by atoms with van der Waals surface area (Å²) in [5.41, 5.74) is 3.29. The van der Waals surface area contributed by atoms with Crippen molar-refractivity contribution < 1.29 is 14.1 Å². The molecule has 134 valence electrons. The predicted octanol–water partition coefficient (Wildman–Crippen LogP) is 1.99. The van der Waals surface area contributed by atoms with Gasteiger partial charge in [0.15, 0.2) is 11.5 Å². The fourth-order valence-electron chi connectivity index (χ4n) is 3.27. The number of fused-ring (bicyclic) bond motifs is 1. The number of hydrogen-bond donors (Lipinski definition) is 0. The van der Waals surface area contributed by atoms with Crippen molar-refractivity contribution in [2.45, 2.75) is 19.9 Å². The second-order valence-corrected chi connectivity index (χ2v) is 6.25. The minimum Gasteiger partial charge on any atom is -0.497 e. The van der Waals surface area contributed by atoms with Crippen LogP contribution in [0.25, 0.3) is 11.6 Å². The van der Waals surface area contributed by atoms with Gasteiger partial charge in [0.2, 0.25) is 0 Å². The van der Waals surface area contributed by atoms with Crippen LogP contribution >= 0.6 is 0 Å². The smallest absolute Gasteiger partial charge is 0.278 e. The molecule has 0 N–H and O–H groups in total. The second kappa shape index (κ2) is 6.29. The molecule has 26 heavy (non-hydrogen) atoms. The molecular weight excluding hydrogens is 334 g/mol. The van der Waals surface area contributed by atoms with E-state index in [1.807, 2.05) is 28.8 Å². The van der Waals surface area contributed by atoms with Gasteiger partial charge in [-0.05, 0) is 25.1 Å². The zero-order valence-electron chi connectivity index (χ0n) is 14.9. The maximum atomic E-state index is 12.9. The Balaban J connectivity index is 1.66. The first-order chi connectivity index (χ1) is 12.6. The van der Waals surface area contributed by atoms with Crippen molar-refractivity contribution in [3.8, 4) is 17.3 Å². The van der Waals surface area contributed by atoms with E-state index in [-0.39, 0.29) is 5.91 Å². The van der Waals surface area contributed by atoms with Crippen LogP contribution < -0.4 is 4.74 Å². The third-order valence-electron chi connectivity index (χ3n) is 4.58. The topological polar surface area (TPSA) is 86.3 Å². The summed E-state index contributed by atoms with van der Waals surface area (Å²) in [5, 5.41) is 8.37. The molecule has 0 fully saturated rings. The fraction of sp³-hybridized carbons (Fsp3) is 0.333. The first-order valence-corrected chi connectivity index (χ1v) is 8.35. The van der Waals surface area contributed by atoms with Crippen molar-refractivity contribution in [2.24, 2.45) is 7.05 Å². The Morgan fingerprint density at radius 2 is 2.19 bits per heavy atom. The number of carbonyl (C=O) groups excluding carboxylic acids is 1. The van der Waals surface area contributed by atoms with Gasteiger partial charge in [-0.3, -0.25) is 9.48 Å². The average Bonchev–Trinajstić information content (AvgIpc) is 3.24. The third kappa shape index (κ3) is 2.73. The number of amides is 1. The molecular formula is C18H19N5O3.